The molecular formula is C20H30N2O3. The molecule has 2 aliphatic heterocycles. The number of rotatable bonds is 6. The minimum absolute atomic E-state index is 0.0428. The molecule has 5 nitrogen and oxygen atoms in total. The largest absolute Gasteiger partial charge is 0.461 e. The summed E-state index contributed by atoms with van der Waals surface area (Å²) in [6.07, 6.45) is 2.65. The van der Waals surface area contributed by atoms with E-state index in [2.05, 4.69) is 9.80 Å². The van der Waals surface area contributed by atoms with Crippen LogP contribution in [0.25, 0.3) is 0 Å². The number of piperidine rings is 1. The molecule has 2 heterocycles. The molecule has 0 aliphatic carbocycles. The van der Waals surface area contributed by atoms with E-state index in [1.165, 1.54) is 0 Å². The summed E-state index contributed by atoms with van der Waals surface area (Å²) < 4.78 is 5.27. The van der Waals surface area contributed by atoms with Crippen molar-refractivity contribution in [3.8, 4) is 0 Å². The van der Waals surface area contributed by atoms with Crippen LogP contribution >= 0.6 is 0 Å². The lowest BCUT2D eigenvalue weighted by Crippen LogP contribution is -2.43. The van der Waals surface area contributed by atoms with E-state index in [0.717, 1.165) is 44.5 Å². The van der Waals surface area contributed by atoms with Crippen molar-refractivity contribution in [1.82, 2.24) is 9.80 Å². The highest BCUT2D eigenvalue weighted by atomic mass is 16.6. The fraction of sp³-hybridized carbons (Fsp3) is 0.650. The molecule has 0 amide bonds. The van der Waals surface area contributed by atoms with Crippen molar-refractivity contribution >= 4 is 5.97 Å². The van der Waals surface area contributed by atoms with Gasteiger partial charge in [0.05, 0.1) is 6.10 Å². The molecule has 0 spiro atoms. The predicted molar refractivity (Wildman–Crippen MR) is 97.2 cm³/mol. The van der Waals surface area contributed by atoms with Crippen LogP contribution in [0.4, 0.5) is 0 Å². The van der Waals surface area contributed by atoms with Gasteiger partial charge in [0.1, 0.15) is 12.1 Å². The van der Waals surface area contributed by atoms with E-state index < -0.39 is 6.10 Å². The molecule has 0 unspecified atom stereocenters. The number of esters is 1. The number of nitrogens with zero attached hydrogens (tertiary/aromatic N) is 2. The second-order valence-corrected chi connectivity index (χ2v) is 7.61. The van der Waals surface area contributed by atoms with E-state index in [4.69, 9.17) is 4.74 Å². The smallest absolute Gasteiger partial charge is 0.323 e. The summed E-state index contributed by atoms with van der Waals surface area (Å²) in [5, 5.41) is 10.4. The molecule has 0 aromatic heterocycles. The third-order valence-electron chi connectivity index (χ3n) is 5.55. The van der Waals surface area contributed by atoms with E-state index in [1.54, 1.807) is 0 Å². The number of hydrogen-bond acceptors (Lipinski definition) is 5. The second-order valence-electron chi connectivity index (χ2n) is 7.61. The number of benzene rings is 1. The predicted octanol–water partition coefficient (Wildman–Crippen LogP) is 2.07. The maximum atomic E-state index is 11.9. The van der Waals surface area contributed by atoms with Crippen molar-refractivity contribution in [2.75, 3.05) is 33.2 Å². The van der Waals surface area contributed by atoms with E-state index in [9.17, 15) is 9.90 Å². The van der Waals surface area contributed by atoms with Crippen LogP contribution in [-0.4, -0.2) is 66.2 Å². The number of aliphatic hydroxyl groups excluding tert-OH is 1. The first-order chi connectivity index (χ1) is 12.0. The molecular weight excluding hydrogens is 316 g/mol. The lowest BCUT2D eigenvalue weighted by atomic mass is 9.95. The van der Waals surface area contributed by atoms with E-state index >= 15 is 0 Å². The molecule has 25 heavy (non-hydrogen) atoms. The minimum Gasteiger partial charge on any atom is -0.461 e. The lowest BCUT2D eigenvalue weighted by Gasteiger charge is -2.35. The normalized spacial score (nSPS) is 26.8. The Kier molecular flexibility index (Phi) is 6.10. The van der Waals surface area contributed by atoms with Crippen molar-refractivity contribution in [2.45, 2.75) is 44.4 Å². The molecule has 1 aromatic carbocycles. The van der Waals surface area contributed by atoms with Gasteiger partial charge in [-0.3, -0.25) is 9.69 Å². The van der Waals surface area contributed by atoms with Crippen LogP contribution in [-0.2, 0) is 9.53 Å². The maximum Gasteiger partial charge on any atom is 0.323 e. The fourth-order valence-corrected chi connectivity index (χ4v) is 4.01. The van der Waals surface area contributed by atoms with Gasteiger partial charge in [-0.1, -0.05) is 30.3 Å². The number of aliphatic hydroxyl groups is 1. The first-order valence-corrected chi connectivity index (χ1v) is 9.39. The van der Waals surface area contributed by atoms with E-state index in [1.807, 2.05) is 44.3 Å². The van der Waals surface area contributed by atoms with Crippen molar-refractivity contribution in [3.63, 3.8) is 0 Å². The SMILES string of the molecule is C[C@@H]1C[C@H](N(C)CC2CCN(C[C@@H](O)c3ccccc3)CC2)C(=O)O1. The highest BCUT2D eigenvalue weighted by molar-refractivity contribution is 5.77. The first kappa shape index (κ1) is 18.4. The summed E-state index contributed by atoms with van der Waals surface area (Å²) in [4.78, 5) is 16.4. The third-order valence-corrected chi connectivity index (χ3v) is 5.55. The van der Waals surface area contributed by atoms with Gasteiger partial charge in [0.15, 0.2) is 0 Å². The van der Waals surface area contributed by atoms with Crippen molar-refractivity contribution in [3.05, 3.63) is 35.9 Å². The van der Waals surface area contributed by atoms with Crippen LogP contribution in [0.2, 0.25) is 0 Å². The Balaban J connectivity index is 1.42. The average molecular weight is 346 g/mol. The Labute approximate surface area is 150 Å². The van der Waals surface area contributed by atoms with Crippen LogP contribution in [0.1, 0.15) is 37.9 Å². The standard InChI is InChI=1S/C20H30N2O3/c1-15-12-18(20(24)25-15)21(2)13-16-8-10-22(11-9-16)14-19(23)17-6-4-3-5-7-17/h3-7,15-16,18-19,23H,8-14H2,1-2H3/t15-,18+,19-/m1/s1. The van der Waals surface area contributed by atoms with Crippen LogP contribution in [0.5, 0.6) is 0 Å². The topological polar surface area (TPSA) is 53.0 Å². The molecule has 0 saturated carbocycles. The quantitative estimate of drug-likeness (QED) is 0.799. The molecule has 1 aromatic rings. The van der Waals surface area contributed by atoms with Gasteiger partial charge in [-0.2, -0.15) is 0 Å². The van der Waals surface area contributed by atoms with Gasteiger partial charge in [-0.25, -0.2) is 0 Å². The summed E-state index contributed by atoms with van der Waals surface area (Å²) in [5.41, 5.74) is 0.984. The molecule has 0 radical (unpaired) electrons. The zero-order valence-corrected chi connectivity index (χ0v) is 15.3. The van der Waals surface area contributed by atoms with Crippen LogP contribution in [0.3, 0.4) is 0 Å². The van der Waals surface area contributed by atoms with Crippen LogP contribution < -0.4 is 0 Å². The summed E-state index contributed by atoms with van der Waals surface area (Å²) in [6, 6.07) is 9.79. The van der Waals surface area contributed by atoms with Gasteiger partial charge < -0.3 is 14.7 Å². The highest BCUT2D eigenvalue weighted by Crippen LogP contribution is 2.24. The van der Waals surface area contributed by atoms with Crippen molar-refractivity contribution in [2.24, 2.45) is 5.92 Å². The molecule has 2 saturated heterocycles. The van der Waals surface area contributed by atoms with Crippen molar-refractivity contribution in [1.29, 1.82) is 0 Å². The Bertz CT molecular complexity index is 557. The lowest BCUT2D eigenvalue weighted by molar-refractivity contribution is -0.144. The van der Waals surface area contributed by atoms with Gasteiger partial charge in [0.2, 0.25) is 0 Å². The van der Waals surface area contributed by atoms with Crippen molar-refractivity contribution < 1.29 is 14.6 Å². The summed E-state index contributed by atoms with van der Waals surface area (Å²) >= 11 is 0. The number of ether oxygens (including phenoxy) is 1. The van der Waals surface area contributed by atoms with Gasteiger partial charge >= 0.3 is 5.97 Å². The first-order valence-electron chi connectivity index (χ1n) is 9.39. The molecule has 5 heteroatoms. The average Bonchev–Trinajstić information content (AvgIpc) is 2.96. The number of β-amino-alcohol motifs (C(OH)–C–C–N with tert-alkyl or cyclic N) is 1. The van der Waals surface area contributed by atoms with E-state index in [0.29, 0.717) is 12.5 Å². The third kappa shape index (κ3) is 4.81. The van der Waals surface area contributed by atoms with Gasteiger partial charge in [-0.05, 0) is 51.4 Å². The Morgan fingerprint density at radius 3 is 2.56 bits per heavy atom. The van der Waals surface area contributed by atoms with Gasteiger partial charge in [-0.15, -0.1) is 0 Å². The molecule has 1 N–H and O–H groups in total. The number of likely N-dealkylation sites (tertiary alicyclic amines) is 1. The zero-order chi connectivity index (χ0) is 17.8. The summed E-state index contributed by atoms with van der Waals surface area (Å²) in [5.74, 6) is 0.539. The zero-order valence-electron chi connectivity index (χ0n) is 15.3. The Morgan fingerprint density at radius 1 is 1.28 bits per heavy atom. The molecule has 2 fully saturated rings. The number of cyclic esters (lactones) is 1. The van der Waals surface area contributed by atoms with Gasteiger partial charge in [0.25, 0.3) is 0 Å². The van der Waals surface area contributed by atoms with E-state index in [-0.39, 0.29) is 18.1 Å². The van der Waals surface area contributed by atoms with Gasteiger partial charge in [0, 0.05) is 19.5 Å². The minimum atomic E-state index is -0.421. The molecule has 0 bridgehead atoms. The maximum absolute atomic E-state index is 11.9. The highest BCUT2D eigenvalue weighted by Gasteiger charge is 2.35. The fourth-order valence-electron chi connectivity index (χ4n) is 4.01. The second kappa shape index (κ2) is 8.30. The summed E-state index contributed by atoms with van der Waals surface area (Å²) in [6.45, 7) is 5.62. The number of hydrogen-bond donors (Lipinski definition) is 1. The van der Waals surface area contributed by atoms with Crippen LogP contribution in [0, 0.1) is 5.92 Å². The molecule has 3 rings (SSSR count). The number of carbonyl (C=O) groups excluding carboxylic acids is 1. The molecule has 3 atom stereocenters. The Morgan fingerprint density at radius 2 is 1.96 bits per heavy atom. The Hall–Kier alpha value is -1.43. The number of likely N-dealkylation sites (N-methyl/N-ethyl adjacent to an activating group) is 1. The monoisotopic (exact) mass is 346 g/mol. The number of carbonyl (C=O) groups is 1. The van der Waals surface area contributed by atoms with Crippen LogP contribution in [0.15, 0.2) is 30.3 Å². The summed E-state index contributed by atoms with van der Waals surface area (Å²) in [7, 11) is 2.04. The molecule has 2 aliphatic rings. The molecule has 138 valence electrons.